The normalized spacial score (nSPS) is 46.3. The third-order valence-corrected chi connectivity index (χ3v) is 9.68. The molecule has 0 spiro atoms. The van der Waals surface area contributed by atoms with E-state index in [9.17, 15) is 9.90 Å². The largest absolute Gasteiger partial charge is 0.458 e. The predicted molar refractivity (Wildman–Crippen MR) is 113 cm³/mol. The highest BCUT2D eigenvalue weighted by Gasteiger charge is 2.61. The molecule has 4 saturated carbocycles. The van der Waals surface area contributed by atoms with Gasteiger partial charge in [-0.15, -0.1) is 0 Å². The summed E-state index contributed by atoms with van der Waals surface area (Å²) in [7, 11) is 0. The minimum Gasteiger partial charge on any atom is -0.458 e. The van der Waals surface area contributed by atoms with Crippen LogP contribution in [0.4, 0.5) is 0 Å². The molecule has 0 unspecified atom stereocenters. The van der Waals surface area contributed by atoms with E-state index in [0.29, 0.717) is 40.1 Å². The summed E-state index contributed by atoms with van der Waals surface area (Å²) in [6.45, 7) is 4.99. The number of ether oxygens (including phenoxy) is 1. The molecule has 0 aliphatic heterocycles. The number of aliphatic hydroxyl groups is 1. The number of rotatable bonds is 2. The summed E-state index contributed by atoms with van der Waals surface area (Å²) in [4.78, 5) is 13.0. The van der Waals surface area contributed by atoms with Crippen molar-refractivity contribution >= 4 is 5.97 Å². The first-order valence-corrected chi connectivity index (χ1v) is 11.8. The Bertz CT molecular complexity index is 760. The lowest BCUT2D eigenvalue weighted by atomic mass is 9.44. The van der Waals surface area contributed by atoms with Gasteiger partial charge in [-0.25, -0.2) is 4.79 Å². The van der Waals surface area contributed by atoms with Gasteiger partial charge in [-0.1, -0.05) is 38.5 Å². The zero-order valence-corrected chi connectivity index (χ0v) is 18.0. The summed E-state index contributed by atoms with van der Waals surface area (Å²) in [5, 5.41) is 10.4. The first-order chi connectivity index (χ1) is 13.9. The molecule has 0 saturated heterocycles. The number of carbonyl (C=O) groups is 1. The number of aliphatic hydroxyl groups excluding tert-OH is 1. The molecule has 29 heavy (non-hydrogen) atoms. The van der Waals surface area contributed by atoms with Crippen molar-refractivity contribution in [1.82, 2.24) is 0 Å². The molecular formula is C26H36O3. The number of fused-ring (bicyclic) bond motifs is 5. The summed E-state index contributed by atoms with van der Waals surface area (Å²) in [5.41, 5.74) is 1.38. The van der Waals surface area contributed by atoms with Gasteiger partial charge in [0.1, 0.15) is 6.10 Å². The summed E-state index contributed by atoms with van der Waals surface area (Å²) in [5.74, 6) is 2.09. The lowest BCUT2D eigenvalue weighted by Gasteiger charge is -2.62. The summed E-state index contributed by atoms with van der Waals surface area (Å²) in [6.07, 6.45) is 10.2. The molecule has 8 atom stereocenters. The van der Waals surface area contributed by atoms with E-state index in [4.69, 9.17) is 4.74 Å². The molecule has 158 valence electrons. The lowest BCUT2D eigenvalue weighted by molar-refractivity contribution is -0.169. The molecule has 0 heterocycles. The molecule has 3 nitrogen and oxygen atoms in total. The van der Waals surface area contributed by atoms with Gasteiger partial charge in [0.15, 0.2) is 0 Å². The first kappa shape index (κ1) is 19.6. The van der Waals surface area contributed by atoms with Crippen LogP contribution in [0.5, 0.6) is 0 Å². The number of esters is 1. The molecular weight excluding hydrogens is 360 g/mol. The van der Waals surface area contributed by atoms with Crippen molar-refractivity contribution in [2.24, 2.45) is 34.5 Å². The molecule has 4 aliphatic rings. The number of benzene rings is 1. The molecule has 0 aromatic heterocycles. The highest BCUT2D eigenvalue weighted by molar-refractivity contribution is 5.89. The lowest BCUT2D eigenvalue weighted by Crippen LogP contribution is -2.58. The second-order valence-corrected chi connectivity index (χ2v) is 11.1. The highest BCUT2D eigenvalue weighted by Crippen LogP contribution is 2.66. The standard InChI is InChI=1S/C26H36O3/c1-25-12-6-9-20(25)23-21(11-13-25)26(2)14-10-19(27)15-18(26)16-22(23)29-24(28)17-7-4-3-5-8-17/h3-5,7-8,18-23,27H,6,9-16H2,1-2H3/t18-,19-,20-,21-,22-,23+,25-,26+/m1/s1. The molecule has 0 bridgehead atoms. The average Bonchev–Trinajstić information content (AvgIpc) is 3.11. The maximum Gasteiger partial charge on any atom is 0.338 e. The van der Waals surface area contributed by atoms with Crippen LogP contribution in [0, 0.1) is 34.5 Å². The van der Waals surface area contributed by atoms with E-state index in [1.807, 2.05) is 30.3 Å². The Labute approximate surface area is 175 Å². The monoisotopic (exact) mass is 396 g/mol. The Hall–Kier alpha value is -1.35. The molecule has 1 aromatic carbocycles. The number of hydrogen-bond donors (Lipinski definition) is 1. The Morgan fingerprint density at radius 2 is 1.79 bits per heavy atom. The van der Waals surface area contributed by atoms with Gasteiger partial charge >= 0.3 is 5.97 Å². The third-order valence-electron chi connectivity index (χ3n) is 9.68. The number of hydrogen-bond acceptors (Lipinski definition) is 3. The van der Waals surface area contributed by atoms with Gasteiger partial charge in [-0.2, -0.15) is 0 Å². The topological polar surface area (TPSA) is 46.5 Å². The second-order valence-electron chi connectivity index (χ2n) is 11.1. The van der Waals surface area contributed by atoms with Crippen molar-refractivity contribution in [3.8, 4) is 0 Å². The van der Waals surface area contributed by atoms with Crippen molar-refractivity contribution in [2.75, 3.05) is 0 Å². The van der Waals surface area contributed by atoms with Crippen LogP contribution in [0.2, 0.25) is 0 Å². The fourth-order valence-electron chi connectivity index (χ4n) is 8.07. The number of carbonyl (C=O) groups excluding carboxylic acids is 1. The fourth-order valence-corrected chi connectivity index (χ4v) is 8.07. The second kappa shape index (κ2) is 7.11. The molecule has 0 radical (unpaired) electrons. The van der Waals surface area contributed by atoms with Crippen molar-refractivity contribution in [3.05, 3.63) is 35.9 Å². The maximum atomic E-state index is 13.0. The van der Waals surface area contributed by atoms with E-state index in [1.165, 1.54) is 32.1 Å². The van der Waals surface area contributed by atoms with Crippen molar-refractivity contribution in [3.63, 3.8) is 0 Å². The minimum atomic E-state index is -0.185. The van der Waals surface area contributed by atoms with E-state index in [1.54, 1.807) is 0 Å². The summed E-state index contributed by atoms with van der Waals surface area (Å²) < 4.78 is 6.31. The van der Waals surface area contributed by atoms with Gasteiger partial charge < -0.3 is 9.84 Å². The van der Waals surface area contributed by atoms with Crippen LogP contribution in [-0.4, -0.2) is 23.3 Å². The van der Waals surface area contributed by atoms with Crippen LogP contribution in [0.1, 0.15) is 82.0 Å². The van der Waals surface area contributed by atoms with E-state index in [0.717, 1.165) is 25.7 Å². The fraction of sp³-hybridized carbons (Fsp3) is 0.731. The van der Waals surface area contributed by atoms with Gasteiger partial charge in [-0.3, -0.25) is 0 Å². The summed E-state index contributed by atoms with van der Waals surface area (Å²) in [6, 6.07) is 9.47. The first-order valence-electron chi connectivity index (χ1n) is 11.8. The zero-order valence-electron chi connectivity index (χ0n) is 18.0. The van der Waals surface area contributed by atoms with Crippen molar-refractivity contribution in [2.45, 2.75) is 83.8 Å². The highest BCUT2D eigenvalue weighted by atomic mass is 16.5. The van der Waals surface area contributed by atoms with Crippen LogP contribution >= 0.6 is 0 Å². The molecule has 3 heteroatoms. The molecule has 1 N–H and O–H groups in total. The van der Waals surface area contributed by atoms with Crippen LogP contribution in [-0.2, 0) is 4.74 Å². The molecule has 5 rings (SSSR count). The van der Waals surface area contributed by atoms with Gasteiger partial charge in [0.2, 0.25) is 0 Å². The van der Waals surface area contributed by atoms with E-state index >= 15 is 0 Å². The Morgan fingerprint density at radius 1 is 1.00 bits per heavy atom. The average molecular weight is 397 g/mol. The van der Waals surface area contributed by atoms with E-state index in [2.05, 4.69) is 13.8 Å². The van der Waals surface area contributed by atoms with Crippen LogP contribution < -0.4 is 0 Å². The molecule has 0 amide bonds. The Balaban J connectivity index is 1.48. The predicted octanol–water partition coefficient (Wildman–Crippen LogP) is 5.62. The van der Waals surface area contributed by atoms with Gasteiger partial charge in [0.25, 0.3) is 0 Å². The van der Waals surface area contributed by atoms with Gasteiger partial charge in [0, 0.05) is 5.92 Å². The van der Waals surface area contributed by atoms with Gasteiger partial charge in [0.05, 0.1) is 11.7 Å². The maximum absolute atomic E-state index is 13.0. The Morgan fingerprint density at radius 3 is 2.59 bits per heavy atom. The van der Waals surface area contributed by atoms with E-state index in [-0.39, 0.29) is 18.2 Å². The molecule has 1 aromatic rings. The van der Waals surface area contributed by atoms with E-state index < -0.39 is 0 Å². The zero-order chi connectivity index (χ0) is 20.2. The SMILES string of the molecule is C[C@]12CCC[C@@H]1[C@H]1[C@@H](CC2)[C@@]2(C)CC[C@@H](O)C[C@@H]2C[C@H]1OC(=O)c1ccccc1. The quantitative estimate of drug-likeness (QED) is 0.660. The molecule has 4 aliphatic carbocycles. The van der Waals surface area contributed by atoms with Gasteiger partial charge in [-0.05, 0) is 92.1 Å². The van der Waals surface area contributed by atoms with Crippen LogP contribution in [0.3, 0.4) is 0 Å². The van der Waals surface area contributed by atoms with Crippen LogP contribution in [0.15, 0.2) is 30.3 Å². The van der Waals surface area contributed by atoms with Crippen molar-refractivity contribution < 1.29 is 14.6 Å². The summed E-state index contributed by atoms with van der Waals surface area (Å²) >= 11 is 0. The Kier molecular flexibility index (Phi) is 4.81. The molecule has 4 fully saturated rings. The van der Waals surface area contributed by atoms with Crippen LogP contribution in [0.25, 0.3) is 0 Å². The smallest absolute Gasteiger partial charge is 0.338 e. The third kappa shape index (κ3) is 3.15. The minimum absolute atomic E-state index is 0.00111. The van der Waals surface area contributed by atoms with Crippen molar-refractivity contribution in [1.29, 1.82) is 0 Å².